The lowest BCUT2D eigenvalue weighted by Gasteiger charge is -2.29. The summed E-state index contributed by atoms with van der Waals surface area (Å²) in [5, 5.41) is 0.715. The Balaban J connectivity index is 1.45. The smallest absolute Gasteiger partial charge is 0.295 e. The molecule has 1 fully saturated rings. The van der Waals surface area contributed by atoms with Crippen LogP contribution >= 0.6 is 0 Å². The fraction of sp³-hybridized carbons (Fsp3) is 0.320. The minimum Gasteiger partial charge on any atom is -0.337 e. The van der Waals surface area contributed by atoms with Crippen molar-refractivity contribution in [2.75, 3.05) is 24.5 Å². The Morgan fingerprint density at radius 3 is 2.42 bits per heavy atom. The second kappa shape index (κ2) is 8.02. The van der Waals surface area contributed by atoms with E-state index in [9.17, 15) is 14.4 Å². The van der Waals surface area contributed by atoms with Crippen LogP contribution in [0, 0.1) is 0 Å². The molecule has 3 aromatic rings. The van der Waals surface area contributed by atoms with Gasteiger partial charge in [0.2, 0.25) is 5.91 Å². The van der Waals surface area contributed by atoms with Crippen LogP contribution < -0.4 is 4.90 Å². The van der Waals surface area contributed by atoms with E-state index in [-0.39, 0.29) is 12.5 Å². The molecule has 1 saturated heterocycles. The minimum atomic E-state index is -0.493. The number of nitrogens with zero attached hydrogens (tertiary/aromatic N) is 3. The summed E-state index contributed by atoms with van der Waals surface area (Å²) < 4.78 is 1.80. The lowest BCUT2D eigenvalue weighted by atomic mass is 10.0. The zero-order valence-electron chi connectivity index (χ0n) is 17.4. The van der Waals surface area contributed by atoms with Crippen molar-refractivity contribution >= 4 is 34.2 Å². The number of para-hydroxylation sites is 2. The molecule has 0 aliphatic carbocycles. The van der Waals surface area contributed by atoms with Gasteiger partial charge in [-0.15, -0.1) is 0 Å². The maximum atomic E-state index is 13.2. The molecular formula is C25H25N3O3. The molecule has 0 unspecified atom stereocenters. The molecule has 2 aliphatic rings. The van der Waals surface area contributed by atoms with Gasteiger partial charge in [-0.25, -0.2) is 0 Å². The van der Waals surface area contributed by atoms with Crippen LogP contribution in [-0.2, 0) is 22.6 Å². The molecule has 2 aromatic carbocycles. The van der Waals surface area contributed by atoms with E-state index in [4.69, 9.17) is 0 Å². The molecule has 2 amide bonds. The number of hydrogen-bond donors (Lipinski definition) is 0. The number of anilines is 1. The molecular weight excluding hydrogens is 390 g/mol. The largest absolute Gasteiger partial charge is 0.337 e. The Hall–Kier alpha value is -3.41. The Morgan fingerprint density at radius 2 is 1.58 bits per heavy atom. The summed E-state index contributed by atoms with van der Waals surface area (Å²) in [6, 6.07) is 15.5. The van der Waals surface area contributed by atoms with Gasteiger partial charge in [0, 0.05) is 42.4 Å². The summed E-state index contributed by atoms with van der Waals surface area (Å²) in [6.45, 7) is 2.08. The lowest BCUT2D eigenvalue weighted by molar-refractivity contribution is -0.125. The number of ketones is 1. The molecule has 6 nitrogen and oxygen atoms in total. The normalized spacial score (nSPS) is 15.9. The molecule has 158 valence electrons. The number of amides is 2. The number of benzene rings is 2. The third-order valence-corrected chi connectivity index (χ3v) is 6.34. The molecule has 6 heteroatoms. The van der Waals surface area contributed by atoms with Crippen molar-refractivity contribution in [3.05, 3.63) is 65.9 Å². The van der Waals surface area contributed by atoms with Gasteiger partial charge >= 0.3 is 0 Å². The highest BCUT2D eigenvalue weighted by molar-refractivity contribution is 6.45. The number of carbonyl (C=O) groups is 3. The van der Waals surface area contributed by atoms with E-state index in [0.717, 1.165) is 36.9 Å². The lowest BCUT2D eigenvalue weighted by Crippen LogP contribution is -2.37. The number of fused-ring (bicyclic) bond motifs is 2. The number of hydrogen-bond acceptors (Lipinski definition) is 3. The average molecular weight is 415 g/mol. The van der Waals surface area contributed by atoms with Gasteiger partial charge < -0.3 is 14.4 Å². The molecule has 1 aromatic heterocycles. The standard InChI is InChI=1S/C25H25N3O3/c29-23(28-15-7-9-18-8-1-3-11-21(18)28)17-27-16-20(19-10-2-4-12-22(19)27)24(30)25(31)26-13-5-6-14-26/h1-4,8,10-12,16H,5-7,9,13-15,17H2. The van der Waals surface area contributed by atoms with Crippen LogP contribution in [0.15, 0.2) is 54.7 Å². The Bertz CT molecular complexity index is 1170. The van der Waals surface area contributed by atoms with Crippen molar-refractivity contribution in [1.82, 2.24) is 9.47 Å². The van der Waals surface area contributed by atoms with Crippen LogP contribution in [0.5, 0.6) is 0 Å². The summed E-state index contributed by atoms with van der Waals surface area (Å²) >= 11 is 0. The number of likely N-dealkylation sites (tertiary alicyclic amines) is 1. The first-order chi connectivity index (χ1) is 15.1. The first-order valence-electron chi connectivity index (χ1n) is 10.9. The highest BCUT2D eigenvalue weighted by atomic mass is 16.2. The summed E-state index contributed by atoms with van der Waals surface area (Å²) in [5.41, 5.74) is 3.32. The van der Waals surface area contributed by atoms with Crippen LogP contribution in [0.2, 0.25) is 0 Å². The van der Waals surface area contributed by atoms with Crippen LogP contribution in [-0.4, -0.2) is 46.7 Å². The summed E-state index contributed by atoms with van der Waals surface area (Å²) in [7, 11) is 0. The molecule has 0 saturated carbocycles. The number of aromatic nitrogens is 1. The minimum absolute atomic E-state index is 0.0160. The number of Topliss-reactive ketones (excluding diaryl/α,β-unsaturated/α-hetero) is 1. The van der Waals surface area contributed by atoms with E-state index < -0.39 is 11.7 Å². The van der Waals surface area contributed by atoms with Crippen LogP contribution in [0.1, 0.15) is 35.2 Å². The van der Waals surface area contributed by atoms with Crippen molar-refractivity contribution < 1.29 is 14.4 Å². The van der Waals surface area contributed by atoms with Crippen LogP contribution in [0.3, 0.4) is 0 Å². The second-order valence-corrected chi connectivity index (χ2v) is 8.29. The van der Waals surface area contributed by atoms with E-state index in [2.05, 4.69) is 6.07 Å². The van der Waals surface area contributed by atoms with E-state index in [1.54, 1.807) is 15.7 Å². The molecule has 0 N–H and O–H groups in total. The summed E-state index contributed by atoms with van der Waals surface area (Å²) in [4.78, 5) is 42.4. The van der Waals surface area contributed by atoms with Gasteiger partial charge in [-0.2, -0.15) is 0 Å². The molecule has 31 heavy (non-hydrogen) atoms. The first kappa shape index (κ1) is 19.5. The summed E-state index contributed by atoms with van der Waals surface area (Å²) in [5.74, 6) is -0.956. The van der Waals surface area contributed by atoms with E-state index in [1.165, 1.54) is 5.56 Å². The van der Waals surface area contributed by atoms with Gasteiger partial charge in [-0.1, -0.05) is 36.4 Å². The Morgan fingerprint density at radius 1 is 0.839 bits per heavy atom. The highest BCUT2D eigenvalue weighted by Gasteiger charge is 2.29. The molecule has 2 aliphatic heterocycles. The number of rotatable bonds is 4. The van der Waals surface area contributed by atoms with Gasteiger partial charge in [0.1, 0.15) is 6.54 Å². The molecule has 0 atom stereocenters. The molecule has 0 spiro atoms. The average Bonchev–Trinajstić information content (AvgIpc) is 3.47. The van der Waals surface area contributed by atoms with Crippen molar-refractivity contribution in [2.45, 2.75) is 32.2 Å². The van der Waals surface area contributed by atoms with Crippen LogP contribution in [0.4, 0.5) is 5.69 Å². The van der Waals surface area contributed by atoms with Gasteiger partial charge in [-0.3, -0.25) is 14.4 Å². The zero-order chi connectivity index (χ0) is 21.4. The van der Waals surface area contributed by atoms with Crippen molar-refractivity contribution in [2.24, 2.45) is 0 Å². The van der Waals surface area contributed by atoms with Gasteiger partial charge in [0.05, 0.1) is 5.56 Å². The Labute approximate surface area is 181 Å². The number of carbonyl (C=O) groups excluding carboxylic acids is 3. The molecule has 3 heterocycles. The fourth-order valence-electron chi connectivity index (χ4n) is 4.76. The molecule has 5 rings (SSSR count). The number of aryl methyl sites for hydroxylation is 1. The van der Waals surface area contributed by atoms with Crippen molar-refractivity contribution in [1.29, 1.82) is 0 Å². The van der Waals surface area contributed by atoms with Crippen molar-refractivity contribution in [3.8, 4) is 0 Å². The zero-order valence-corrected chi connectivity index (χ0v) is 17.4. The van der Waals surface area contributed by atoms with Crippen molar-refractivity contribution in [3.63, 3.8) is 0 Å². The Kier molecular flexibility index (Phi) is 5.06. The SMILES string of the molecule is O=C(C(=O)N1CCCC1)c1cn(CC(=O)N2CCCc3ccccc32)c2ccccc12. The first-order valence-corrected chi connectivity index (χ1v) is 10.9. The van der Waals surface area contributed by atoms with Crippen LogP contribution in [0.25, 0.3) is 10.9 Å². The van der Waals surface area contributed by atoms with Gasteiger partial charge in [0.25, 0.3) is 11.7 Å². The highest BCUT2D eigenvalue weighted by Crippen LogP contribution is 2.28. The predicted octanol–water partition coefficient (Wildman–Crippen LogP) is 3.43. The monoisotopic (exact) mass is 415 g/mol. The quantitative estimate of drug-likeness (QED) is 0.485. The topological polar surface area (TPSA) is 62.6 Å². The third kappa shape index (κ3) is 3.52. The van der Waals surface area contributed by atoms with E-state index >= 15 is 0 Å². The maximum absolute atomic E-state index is 13.2. The van der Waals surface area contributed by atoms with Gasteiger partial charge in [-0.05, 0) is 43.4 Å². The van der Waals surface area contributed by atoms with Gasteiger partial charge in [0.15, 0.2) is 0 Å². The second-order valence-electron chi connectivity index (χ2n) is 8.29. The predicted molar refractivity (Wildman–Crippen MR) is 119 cm³/mol. The fourth-order valence-corrected chi connectivity index (χ4v) is 4.76. The maximum Gasteiger partial charge on any atom is 0.295 e. The third-order valence-electron chi connectivity index (χ3n) is 6.34. The van der Waals surface area contributed by atoms with E-state index in [1.807, 2.05) is 47.4 Å². The van der Waals surface area contributed by atoms with E-state index in [0.29, 0.717) is 30.6 Å². The molecule has 0 radical (unpaired) electrons. The molecule has 0 bridgehead atoms. The summed E-state index contributed by atoms with van der Waals surface area (Å²) in [6.07, 6.45) is 5.46.